The first-order chi connectivity index (χ1) is 31.0. The van der Waals surface area contributed by atoms with E-state index in [0.717, 1.165) is 96.3 Å². The second-order valence-electron chi connectivity index (χ2n) is 18.5. The van der Waals surface area contributed by atoms with Gasteiger partial charge in [-0.2, -0.15) is 0 Å². The van der Waals surface area contributed by atoms with Crippen molar-refractivity contribution in [3.63, 3.8) is 0 Å². The molecule has 0 aliphatic heterocycles. The zero-order valence-corrected chi connectivity index (χ0v) is 42.1. The van der Waals surface area contributed by atoms with E-state index >= 15 is 0 Å². The molecule has 0 radical (unpaired) electrons. The summed E-state index contributed by atoms with van der Waals surface area (Å²) in [7, 11) is 0. The van der Waals surface area contributed by atoms with Crippen LogP contribution in [0.15, 0.2) is 36.5 Å². The van der Waals surface area contributed by atoms with Crippen LogP contribution in [-0.2, 0) is 28.6 Å². The monoisotopic (exact) mass is 885 g/mol. The lowest BCUT2D eigenvalue weighted by atomic mass is 10.0. The molecule has 6 heteroatoms. The fraction of sp³-hybridized carbons (Fsp3) is 0.842. The molecule has 0 spiro atoms. The first-order valence-corrected chi connectivity index (χ1v) is 27.5. The lowest BCUT2D eigenvalue weighted by Crippen LogP contribution is -2.30. The Morgan fingerprint density at radius 1 is 0.333 bits per heavy atom. The number of rotatable bonds is 50. The summed E-state index contributed by atoms with van der Waals surface area (Å²) in [6.45, 7) is 6.55. The molecule has 1 atom stereocenters. The number of carbonyl (C=O) groups excluding carboxylic acids is 3. The van der Waals surface area contributed by atoms with Gasteiger partial charge >= 0.3 is 17.9 Å². The maximum atomic E-state index is 12.8. The number of ether oxygens (including phenoxy) is 3. The van der Waals surface area contributed by atoms with Crippen molar-refractivity contribution < 1.29 is 28.6 Å². The Morgan fingerprint density at radius 2 is 0.619 bits per heavy atom. The fourth-order valence-electron chi connectivity index (χ4n) is 8.05. The molecule has 0 aromatic carbocycles. The molecule has 0 heterocycles. The lowest BCUT2D eigenvalue weighted by molar-refractivity contribution is -0.167. The van der Waals surface area contributed by atoms with E-state index in [9.17, 15) is 14.4 Å². The van der Waals surface area contributed by atoms with Crippen molar-refractivity contribution in [1.29, 1.82) is 0 Å². The van der Waals surface area contributed by atoms with Crippen LogP contribution in [0.1, 0.15) is 290 Å². The summed E-state index contributed by atoms with van der Waals surface area (Å²) in [5, 5.41) is 0. The number of hydrogen-bond donors (Lipinski definition) is 0. The van der Waals surface area contributed by atoms with E-state index in [1.807, 2.05) is 0 Å². The van der Waals surface area contributed by atoms with Gasteiger partial charge in [0.2, 0.25) is 0 Å². The number of unbranched alkanes of at least 4 members (excludes halogenated alkanes) is 33. The van der Waals surface area contributed by atoms with Gasteiger partial charge in [-0.05, 0) is 51.4 Å². The third-order valence-electron chi connectivity index (χ3n) is 12.2. The number of hydrogen-bond acceptors (Lipinski definition) is 6. The van der Waals surface area contributed by atoms with Crippen LogP contribution < -0.4 is 0 Å². The maximum Gasteiger partial charge on any atom is 0.306 e. The second-order valence-corrected chi connectivity index (χ2v) is 18.5. The summed E-state index contributed by atoms with van der Waals surface area (Å²) in [5.41, 5.74) is 0. The zero-order valence-electron chi connectivity index (χ0n) is 42.1. The van der Waals surface area contributed by atoms with Gasteiger partial charge in [0.25, 0.3) is 0 Å². The predicted molar refractivity (Wildman–Crippen MR) is 270 cm³/mol. The largest absolute Gasteiger partial charge is 0.462 e. The predicted octanol–water partition coefficient (Wildman–Crippen LogP) is 18.1. The minimum Gasteiger partial charge on any atom is -0.462 e. The first-order valence-electron chi connectivity index (χ1n) is 27.5. The number of esters is 3. The maximum absolute atomic E-state index is 12.8. The summed E-state index contributed by atoms with van der Waals surface area (Å²) in [6.07, 6.45) is 61.3. The highest BCUT2D eigenvalue weighted by Gasteiger charge is 2.19. The van der Waals surface area contributed by atoms with E-state index in [1.54, 1.807) is 0 Å². The van der Waals surface area contributed by atoms with Gasteiger partial charge in [-0.25, -0.2) is 0 Å². The molecule has 0 fully saturated rings. The molecule has 6 nitrogen and oxygen atoms in total. The molecule has 63 heavy (non-hydrogen) atoms. The van der Waals surface area contributed by atoms with Crippen molar-refractivity contribution in [3.8, 4) is 0 Å². The van der Waals surface area contributed by atoms with Crippen LogP contribution in [0.5, 0.6) is 0 Å². The van der Waals surface area contributed by atoms with Crippen LogP contribution in [-0.4, -0.2) is 37.2 Å². The Kier molecular flexibility index (Phi) is 50.3. The average Bonchev–Trinajstić information content (AvgIpc) is 3.28. The molecule has 0 amide bonds. The Bertz CT molecular complexity index is 1060. The molecule has 0 saturated heterocycles. The Hall–Kier alpha value is -2.37. The minimum atomic E-state index is -0.776. The van der Waals surface area contributed by atoms with Crippen molar-refractivity contribution >= 4 is 17.9 Å². The van der Waals surface area contributed by atoms with Gasteiger partial charge in [-0.3, -0.25) is 14.4 Å². The van der Waals surface area contributed by atoms with Crippen molar-refractivity contribution in [2.75, 3.05) is 13.2 Å². The van der Waals surface area contributed by atoms with Crippen molar-refractivity contribution in [3.05, 3.63) is 36.5 Å². The van der Waals surface area contributed by atoms with E-state index < -0.39 is 6.10 Å². The third kappa shape index (κ3) is 50.5. The quantitative estimate of drug-likeness (QED) is 0.0262. The molecular formula is C57H104O6. The van der Waals surface area contributed by atoms with Gasteiger partial charge in [0, 0.05) is 19.3 Å². The van der Waals surface area contributed by atoms with Crippen LogP contribution in [0, 0.1) is 0 Å². The van der Waals surface area contributed by atoms with Gasteiger partial charge < -0.3 is 14.2 Å². The highest BCUT2D eigenvalue weighted by atomic mass is 16.6. The van der Waals surface area contributed by atoms with E-state index in [2.05, 4.69) is 57.2 Å². The molecule has 0 aromatic rings. The fourth-order valence-corrected chi connectivity index (χ4v) is 8.05. The zero-order chi connectivity index (χ0) is 45.8. The highest BCUT2D eigenvalue weighted by Crippen LogP contribution is 2.16. The van der Waals surface area contributed by atoms with Crippen LogP contribution in [0.3, 0.4) is 0 Å². The molecule has 368 valence electrons. The van der Waals surface area contributed by atoms with Crippen LogP contribution in [0.4, 0.5) is 0 Å². The molecule has 0 bridgehead atoms. The third-order valence-corrected chi connectivity index (χ3v) is 12.2. The number of allylic oxidation sites excluding steroid dienone is 6. The SMILES string of the molecule is CC/C=C\C/C=C\C/C=C\CCCCCCCC(=O)O[C@H](COC(=O)CCCCCCCCCCCCCC)COC(=O)CCCCCCCCCCCCCCCCCCCC. The molecule has 0 rings (SSSR count). The summed E-state index contributed by atoms with van der Waals surface area (Å²) in [4.78, 5) is 38.0. The second kappa shape index (κ2) is 52.3. The highest BCUT2D eigenvalue weighted by molar-refractivity contribution is 5.71. The van der Waals surface area contributed by atoms with Crippen LogP contribution in [0.25, 0.3) is 0 Å². The van der Waals surface area contributed by atoms with Crippen molar-refractivity contribution in [1.82, 2.24) is 0 Å². The standard InChI is InChI=1S/C57H104O6/c1-4-7-10-13-16-19-22-25-27-28-29-31-32-35-38-41-44-47-50-56(59)62-53-54(52-61-55(58)49-46-43-40-37-34-24-21-18-15-12-9-6-3)63-57(60)51-48-45-42-39-36-33-30-26-23-20-17-14-11-8-5-2/h8,11,17,20,26,30,54H,4-7,9-10,12-16,18-19,21-25,27-29,31-53H2,1-3H3/b11-8-,20-17-,30-26-/t54-/m1/s1. The first kappa shape index (κ1) is 60.6. The summed E-state index contributed by atoms with van der Waals surface area (Å²) >= 11 is 0. The smallest absolute Gasteiger partial charge is 0.306 e. The van der Waals surface area contributed by atoms with Crippen molar-refractivity contribution in [2.24, 2.45) is 0 Å². The Morgan fingerprint density at radius 3 is 0.968 bits per heavy atom. The Balaban J connectivity index is 4.33. The molecule has 0 aliphatic carbocycles. The lowest BCUT2D eigenvalue weighted by Gasteiger charge is -2.18. The van der Waals surface area contributed by atoms with Crippen LogP contribution in [0.2, 0.25) is 0 Å². The topological polar surface area (TPSA) is 78.9 Å². The summed E-state index contributed by atoms with van der Waals surface area (Å²) < 4.78 is 16.8. The van der Waals surface area contributed by atoms with Gasteiger partial charge in [0.1, 0.15) is 13.2 Å². The van der Waals surface area contributed by atoms with E-state index in [-0.39, 0.29) is 31.1 Å². The summed E-state index contributed by atoms with van der Waals surface area (Å²) in [6, 6.07) is 0. The molecule has 0 aliphatic rings. The van der Waals surface area contributed by atoms with Crippen molar-refractivity contribution in [2.45, 2.75) is 297 Å². The number of carbonyl (C=O) groups is 3. The normalized spacial score (nSPS) is 12.2. The molecule has 0 saturated carbocycles. The van der Waals surface area contributed by atoms with E-state index in [4.69, 9.17) is 14.2 Å². The Labute approximate surface area is 391 Å². The molecule has 0 aromatic heterocycles. The molecular weight excluding hydrogens is 781 g/mol. The van der Waals surface area contributed by atoms with Gasteiger partial charge in [-0.15, -0.1) is 0 Å². The van der Waals surface area contributed by atoms with Gasteiger partial charge in [0.05, 0.1) is 0 Å². The molecule has 0 N–H and O–H groups in total. The van der Waals surface area contributed by atoms with Crippen LogP contribution >= 0.6 is 0 Å². The van der Waals surface area contributed by atoms with E-state index in [1.165, 1.54) is 154 Å². The summed E-state index contributed by atoms with van der Waals surface area (Å²) in [5.74, 6) is -0.876. The molecule has 0 unspecified atom stereocenters. The average molecular weight is 885 g/mol. The van der Waals surface area contributed by atoms with Gasteiger partial charge in [0.15, 0.2) is 6.10 Å². The van der Waals surface area contributed by atoms with Gasteiger partial charge in [-0.1, -0.05) is 256 Å². The van der Waals surface area contributed by atoms with E-state index in [0.29, 0.717) is 19.3 Å². The minimum absolute atomic E-state index is 0.0747.